The van der Waals surface area contributed by atoms with Crippen molar-refractivity contribution in [1.82, 2.24) is 10.2 Å². The quantitative estimate of drug-likeness (QED) is 0.335. The van der Waals surface area contributed by atoms with Crippen LogP contribution in [0.5, 0.6) is 0 Å². The maximum absolute atomic E-state index is 12.7. The molecule has 1 fully saturated rings. The lowest BCUT2D eigenvalue weighted by atomic mass is 9.84. The molecular formula is C27H28N4O2. The molecule has 0 saturated carbocycles. The fourth-order valence-electron chi connectivity index (χ4n) is 4.20. The van der Waals surface area contributed by atoms with Gasteiger partial charge >= 0.3 is 0 Å². The molecule has 6 nitrogen and oxygen atoms in total. The summed E-state index contributed by atoms with van der Waals surface area (Å²) in [6.45, 7) is 1.91. The van der Waals surface area contributed by atoms with Gasteiger partial charge in [0.1, 0.15) is 5.54 Å². The third-order valence-electron chi connectivity index (χ3n) is 5.96. The van der Waals surface area contributed by atoms with Crippen LogP contribution in [0.2, 0.25) is 0 Å². The first-order valence-corrected chi connectivity index (χ1v) is 11.2. The van der Waals surface area contributed by atoms with Crippen LogP contribution >= 0.6 is 0 Å². The van der Waals surface area contributed by atoms with Crippen molar-refractivity contribution in [1.29, 1.82) is 0 Å². The van der Waals surface area contributed by atoms with E-state index in [2.05, 4.69) is 10.3 Å². The zero-order chi connectivity index (χ0) is 23.1. The summed E-state index contributed by atoms with van der Waals surface area (Å²) >= 11 is 0. The molecule has 0 spiro atoms. The van der Waals surface area contributed by atoms with Crippen LogP contribution in [0.4, 0.5) is 0 Å². The van der Waals surface area contributed by atoms with E-state index >= 15 is 0 Å². The van der Waals surface area contributed by atoms with E-state index in [-0.39, 0.29) is 11.9 Å². The molecule has 4 rings (SSSR count). The van der Waals surface area contributed by atoms with Crippen LogP contribution in [0, 0.1) is 0 Å². The van der Waals surface area contributed by atoms with Crippen molar-refractivity contribution in [3.8, 4) is 0 Å². The summed E-state index contributed by atoms with van der Waals surface area (Å²) in [5, 5.41) is 3.15. The minimum absolute atomic E-state index is 0.0533. The number of nitrogens with one attached hydrogen (secondary N) is 1. The molecule has 1 aliphatic rings. The number of aliphatic imine (C=N–C) groups is 1. The molecule has 0 radical (unpaired) electrons. The van der Waals surface area contributed by atoms with Gasteiger partial charge in [-0.2, -0.15) is 0 Å². The van der Waals surface area contributed by atoms with Gasteiger partial charge in [0.25, 0.3) is 5.91 Å². The van der Waals surface area contributed by atoms with Crippen LogP contribution in [0.15, 0.2) is 89.9 Å². The molecule has 168 valence electrons. The predicted molar refractivity (Wildman–Crippen MR) is 130 cm³/mol. The van der Waals surface area contributed by atoms with Gasteiger partial charge in [-0.3, -0.25) is 9.59 Å². The van der Waals surface area contributed by atoms with Crippen molar-refractivity contribution < 1.29 is 9.59 Å². The summed E-state index contributed by atoms with van der Waals surface area (Å²) in [6, 6.07) is 26.3. The topological polar surface area (TPSA) is 87.8 Å². The monoisotopic (exact) mass is 440 g/mol. The van der Waals surface area contributed by atoms with Gasteiger partial charge in [0.15, 0.2) is 12.2 Å². The van der Waals surface area contributed by atoms with Crippen LogP contribution in [0.3, 0.4) is 0 Å². The molecule has 0 atom stereocenters. The number of likely N-dealkylation sites (tertiary alicyclic amines) is 1. The Morgan fingerprint density at radius 2 is 1.55 bits per heavy atom. The van der Waals surface area contributed by atoms with Gasteiger partial charge in [-0.1, -0.05) is 72.8 Å². The van der Waals surface area contributed by atoms with Gasteiger partial charge in [0, 0.05) is 18.7 Å². The molecule has 33 heavy (non-hydrogen) atoms. The average molecular weight is 441 g/mol. The second kappa shape index (κ2) is 10.1. The first-order valence-electron chi connectivity index (χ1n) is 11.2. The summed E-state index contributed by atoms with van der Waals surface area (Å²) in [4.78, 5) is 31.5. The highest BCUT2D eigenvalue weighted by Crippen LogP contribution is 2.27. The largest absolute Gasteiger partial charge is 0.370 e. The predicted octanol–water partition coefficient (Wildman–Crippen LogP) is 3.47. The van der Waals surface area contributed by atoms with Crippen molar-refractivity contribution in [3.05, 3.63) is 107 Å². The van der Waals surface area contributed by atoms with E-state index in [4.69, 9.17) is 5.73 Å². The number of carbonyl (C=O) groups excluding carboxylic acids is 2. The Morgan fingerprint density at radius 1 is 0.939 bits per heavy atom. The Morgan fingerprint density at radius 3 is 2.12 bits per heavy atom. The number of carbonyl (C=O) groups is 2. The molecular weight excluding hydrogens is 412 g/mol. The number of aldehydes is 1. The van der Waals surface area contributed by atoms with Crippen molar-refractivity contribution in [2.75, 3.05) is 13.1 Å². The number of guanidine groups is 1. The normalized spacial score (nSPS) is 14.2. The second-order valence-electron chi connectivity index (χ2n) is 8.18. The van der Waals surface area contributed by atoms with E-state index < -0.39 is 5.54 Å². The zero-order valence-electron chi connectivity index (χ0n) is 18.5. The number of amides is 1. The van der Waals surface area contributed by atoms with Gasteiger partial charge in [0.2, 0.25) is 0 Å². The fraction of sp³-hybridized carbons (Fsp3) is 0.222. The summed E-state index contributed by atoms with van der Waals surface area (Å²) in [7, 11) is 0. The number of nitrogens with two attached hydrogens (primary N) is 1. The SMILES string of the molecule is NC(=NCc1cccc(C(=O)N2CCCC2)c1)NC(C=O)(c1ccccc1)c1ccccc1. The molecule has 0 bridgehead atoms. The van der Waals surface area contributed by atoms with Crippen molar-refractivity contribution >= 4 is 18.2 Å². The second-order valence-corrected chi connectivity index (χ2v) is 8.18. The highest BCUT2D eigenvalue weighted by atomic mass is 16.2. The van der Waals surface area contributed by atoms with E-state index in [1.54, 1.807) is 0 Å². The van der Waals surface area contributed by atoms with Crippen molar-refractivity contribution in [2.24, 2.45) is 10.7 Å². The van der Waals surface area contributed by atoms with E-state index in [1.807, 2.05) is 89.8 Å². The van der Waals surface area contributed by atoms with Gasteiger partial charge < -0.3 is 16.0 Å². The number of hydrogen-bond donors (Lipinski definition) is 2. The van der Waals surface area contributed by atoms with E-state index in [0.717, 1.165) is 48.9 Å². The molecule has 1 heterocycles. The van der Waals surface area contributed by atoms with Crippen molar-refractivity contribution in [2.45, 2.75) is 24.9 Å². The number of rotatable bonds is 7. The Labute approximate surface area is 194 Å². The molecule has 0 aromatic heterocycles. The molecule has 1 saturated heterocycles. The number of hydrogen-bond acceptors (Lipinski definition) is 3. The van der Waals surface area contributed by atoms with E-state index in [9.17, 15) is 9.59 Å². The highest BCUT2D eigenvalue weighted by molar-refractivity contribution is 5.94. The molecule has 6 heteroatoms. The van der Waals surface area contributed by atoms with Gasteiger partial charge in [-0.25, -0.2) is 4.99 Å². The van der Waals surface area contributed by atoms with Crippen LogP contribution in [0.25, 0.3) is 0 Å². The molecule has 0 unspecified atom stereocenters. The molecule has 1 amide bonds. The third-order valence-corrected chi connectivity index (χ3v) is 5.96. The molecule has 0 aliphatic carbocycles. The van der Waals surface area contributed by atoms with Crippen molar-refractivity contribution in [3.63, 3.8) is 0 Å². The molecule has 1 aliphatic heterocycles. The lowest BCUT2D eigenvalue weighted by molar-refractivity contribution is -0.111. The smallest absolute Gasteiger partial charge is 0.253 e. The summed E-state index contributed by atoms with van der Waals surface area (Å²) < 4.78 is 0. The highest BCUT2D eigenvalue weighted by Gasteiger charge is 2.34. The minimum atomic E-state index is -1.16. The number of nitrogens with zero attached hydrogens (tertiary/aromatic N) is 2. The van der Waals surface area contributed by atoms with Crippen LogP contribution in [0.1, 0.15) is 39.9 Å². The zero-order valence-corrected chi connectivity index (χ0v) is 18.5. The first kappa shape index (κ1) is 22.3. The molecule has 3 N–H and O–H groups in total. The van der Waals surface area contributed by atoms with E-state index in [0.29, 0.717) is 12.1 Å². The molecule has 3 aromatic rings. The lowest BCUT2D eigenvalue weighted by Gasteiger charge is -2.31. The summed E-state index contributed by atoms with van der Waals surface area (Å²) in [6.07, 6.45) is 2.97. The Balaban J connectivity index is 1.56. The first-order chi connectivity index (χ1) is 16.1. The minimum Gasteiger partial charge on any atom is -0.370 e. The maximum Gasteiger partial charge on any atom is 0.253 e. The van der Waals surface area contributed by atoms with E-state index in [1.165, 1.54) is 0 Å². The number of benzene rings is 3. The fourth-order valence-corrected chi connectivity index (χ4v) is 4.20. The maximum atomic E-state index is 12.7. The van der Waals surface area contributed by atoms with Gasteiger partial charge in [0.05, 0.1) is 6.54 Å². The van der Waals surface area contributed by atoms with Gasteiger partial charge in [-0.05, 0) is 41.7 Å². The average Bonchev–Trinajstić information content (AvgIpc) is 3.42. The Bertz CT molecular complexity index is 1080. The third kappa shape index (κ3) is 4.95. The summed E-state index contributed by atoms with van der Waals surface area (Å²) in [5.74, 6) is 0.198. The lowest BCUT2D eigenvalue weighted by Crippen LogP contribution is -2.51. The van der Waals surface area contributed by atoms with Crippen LogP contribution in [-0.2, 0) is 16.9 Å². The van der Waals surface area contributed by atoms with Crippen LogP contribution < -0.4 is 11.1 Å². The van der Waals surface area contributed by atoms with Crippen LogP contribution in [-0.4, -0.2) is 36.1 Å². The Hall–Kier alpha value is -3.93. The van der Waals surface area contributed by atoms with Gasteiger partial charge in [-0.15, -0.1) is 0 Å². The molecule has 3 aromatic carbocycles. The Kier molecular flexibility index (Phi) is 6.83. The standard InChI is InChI=1S/C27H28N4O2/c28-26(29-19-21-10-9-11-22(18-21)25(33)31-16-7-8-17-31)30-27(20-32,23-12-3-1-4-13-23)24-14-5-2-6-15-24/h1-6,9-15,18,20H,7-8,16-17,19H2,(H3,28,29,30). The summed E-state index contributed by atoms with van der Waals surface area (Å²) in [5.41, 5.74) is 8.16.